The number of piperidine rings is 1. The first-order valence-corrected chi connectivity index (χ1v) is 4.72. The fourth-order valence-electron chi connectivity index (χ4n) is 1.55. The summed E-state index contributed by atoms with van der Waals surface area (Å²) in [5, 5.41) is 0. The van der Waals surface area contributed by atoms with E-state index in [0.717, 1.165) is 13.0 Å². The van der Waals surface area contributed by atoms with Crippen LogP contribution < -0.4 is 5.73 Å². The number of hydrogen-bond acceptors (Lipinski definition) is 2. The summed E-state index contributed by atoms with van der Waals surface area (Å²) < 4.78 is 0. The molecule has 1 fully saturated rings. The van der Waals surface area contributed by atoms with Crippen LogP contribution in [-0.4, -0.2) is 29.9 Å². The third-order valence-electron chi connectivity index (χ3n) is 2.67. The molecule has 0 aromatic heterocycles. The van der Waals surface area contributed by atoms with Crippen LogP contribution in [0.1, 0.15) is 20.3 Å². The summed E-state index contributed by atoms with van der Waals surface area (Å²) in [6.07, 6.45) is 1.00. The van der Waals surface area contributed by atoms with Crippen molar-refractivity contribution in [3.05, 3.63) is 12.2 Å². The van der Waals surface area contributed by atoms with Crippen molar-refractivity contribution >= 4 is 5.91 Å². The van der Waals surface area contributed by atoms with Crippen molar-refractivity contribution in [1.29, 1.82) is 0 Å². The lowest BCUT2D eigenvalue weighted by atomic mass is 9.94. The van der Waals surface area contributed by atoms with Gasteiger partial charge in [-0.25, -0.2) is 0 Å². The summed E-state index contributed by atoms with van der Waals surface area (Å²) in [7, 11) is 0. The van der Waals surface area contributed by atoms with Crippen LogP contribution in [0, 0.1) is 5.92 Å². The van der Waals surface area contributed by atoms with Gasteiger partial charge in [0.05, 0.1) is 0 Å². The first kappa shape index (κ1) is 10.3. The zero-order valence-corrected chi connectivity index (χ0v) is 8.42. The van der Waals surface area contributed by atoms with Gasteiger partial charge < -0.3 is 10.6 Å². The van der Waals surface area contributed by atoms with Gasteiger partial charge in [-0.2, -0.15) is 0 Å². The monoisotopic (exact) mass is 182 g/mol. The molecule has 1 aliphatic rings. The van der Waals surface area contributed by atoms with Crippen molar-refractivity contribution in [2.75, 3.05) is 13.1 Å². The van der Waals surface area contributed by atoms with E-state index in [-0.39, 0.29) is 11.9 Å². The van der Waals surface area contributed by atoms with E-state index >= 15 is 0 Å². The Bertz CT molecular complexity index is 225. The number of amides is 1. The molecule has 3 heteroatoms. The van der Waals surface area contributed by atoms with Crippen molar-refractivity contribution in [3.8, 4) is 0 Å². The fraction of sp³-hybridized carbons (Fsp3) is 0.700. The molecule has 0 bridgehead atoms. The second kappa shape index (κ2) is 3.92. The summed E-state index contributed by atoms with van der Waals surface area (Å²) in [5.41, 5.74) is 6.48. The minimum absolute atomic E-state index is 0.0438. The minimum Gasteiger partial charge on any atom is -0.337 e. The standard InChI is InChI=1S/C10H18N2O/c1-7(2)10(13)12-5-4-8(3)9(11)6-12/h8-9H,1,4-6,11H2,2-3H3. The fourth-order valence-corrected chi connectivity index (χ4v) is 1.55. The molecular formula is C10H18N2O. The normalized spacial score (nSPS) is 28.7. The summed E-state index contributed by atoms with van der Waals surface area (Å²) in [5.74, 6) is 0.566. The molecule has 1 rings (SSSR count). The molecule has 3 nitrogen and oxygen atoms in total. The highest BCUT2D eigenvalue weighted by molar-refractivity contribution is 5.92. The second-order valence-corrected chi connectivity index (χ2v) is 3.96. The first-order chi connectivity index (χ1) is 6.02. The first-order valence-electron chi connectivity index (χ1n) is 4.72. The third-order valence-corrected chi connectivity index (χ3v) is 2.67. The van der Waals surface area contributed by atoms with E-state index in [9.17, 15) is 4.79 Å². The van der Waals surface area contributed by atoms with Gasteiger partial charge in [0.25, 0.3) is 0 Å². The molecule has 2 unspecified atom stereocenters. The molecule has 0 radical (unpaired) electrons. The highest BCUT2D eigenvalue weighted by atomic mass is 16.2. The average molecular weight is 182 g/mol. The van der Waals surface area contributed by atoms with Crippen LogP contribution in [0.2, 0.25) is 0 Å². The largest absolute Gasteiger partial charge is 0.337 e. The molecule has 74 valence electrons. The maximum atomic E-state index is 11.5. The minimum atomic E-state index is 0.0438. The number of nitrogens with two attached hydrogens (primary N) is 1. The number of hydrogen-bond donors (Lipinski definition) is 1. The SMILES string of the molecule is C=C(C)C(=O)N1CCC(C)C(N)C1. The van der Waals surface area contributed by atoms with Gasteiger partial charge in [-0.3, -0.25) is 4.79 Å². The molecule has 0 saturated carbocycles. The Morgan fingerprint density at radius 1 is 1.62 bits per heavy atom. The zero-order valence-electron chi connectivity index (χ0n) is 8.42. The second-order valence-electron chi connectivity index (χ2n) is 3.96. The third kappa shape index (κ3) is 2.31. The van der Waals surface area contributed by atoms with Gasteiger partial charge in [0, 0.05) is 24.7 Å². The Kier molecular flexibility index (Phi) is 3.09. The van der Waals surface area contributed by atoms with Crippen molar-refractivity contribution in [2.24, 2.45) is 11.7 Å². The molecule has 0 spiro atoms. The van der Waals surface area contributed by atoms with Gasteiger partial charge in [0.15, 0.2) is 0 Å². The molecule has 2 atom stereocenters. The number of likely N-dealkylation sites (tertiary alicyclic amines) is 1. The molecule has 0 aromatic rings. The van der Waals surface area contributed by atoms with Crippen molar-refractivity contribution in [1.82, 2.24) is 4.90 Å². The van der Waals surface area contributed by atoms with Crippen LogP contribution in [0.4, 0.5) is 0 Å². The Morgan fingerprint density at radius 2 is 2.23 bits per heavy atom. The zero-order chi connectivity index (χ0) is 10.0. The number of carbonyl (C=O) groups excluding carboxylic acids is 1. The van der Waals surface area contributed by atoms with Gasteiger partial charge in [-0.05, 0) is 19.3 Å². The highest BCUT2D eigenvalue weighted by Crippen LogP contribution is 2.16. The maximum Gasteiger partial charge on any atom is 0.248 e. The predicted octanol–water partition coefficient (Wildman–Crippen LogP) is 0.758. The Labute approximate surface area is 79.6 Å². The molecule has 1 aliphatic heterocycles. The topological polar surface area (TPSA) is 46.3 Å². The van der Waals surface area contributed by atoms with Crippen molar-refractivity contribution in [3.63, 3.8) is 0 Å². The van der Waals surface area contributed by atoms with Crippen LogP contribution in [0.25, 0.3) is 0 Å². The number of rotatable bonds is 1. The van der Waals surface area contributed by atoms with Crippen LogP contribution >= 0.6 is 0 Å². The summed E-state index contributed by atoms with van der Waals surface area (Å²) in [6.45, 7) is 9.01. The van der Waals surface area contributed by atoms with Gasteiger partial charge in [-0.1, -0.05) is 13.5 Å². The summed E-state index contributed by atoms with van der Waals surface area (Å²) >= 11 is 0. The van der Waals surface area contributed by atoms with Gasteiger partial charge >= 0.3 is 0 Å². The van der Waals surface area contributed by atoms with Crippen molar-refractivity contribution in [2.45, 2.75) is 26.3 Å². The lowest BCUT2D eigenvalue weighted by Crippen LogP contribution is -2.49. The van der Waals surface area contributed by atoms with Crippen molar-refractivity contribution < 1.29 is 4.79 Å². The van der Waals surface area contributed by atoms with E-state index < -0.39 is 0 Å². The highest BCUT2D eigenvalue weighted by Gasteiger charge is 2.26. The van der Waals surface area contributed by atoms with E-state index in [0.29, 0.717) is 18.0 Å². The Morgan fingerprint density at radius 3 is 2.69 bits per heavy atom. The smallest absolute Gasteiger partial charge is 0.248 e. The number of carbonyl (C=O) groups is 1. The summed E-state index contributed by atoms with van der Waals surface area (Å²) in [6, 6.07) is 0.122. The molecule has 1 saturated heterocycles. The maximum absolute atomic E-state index is 11.5. The Balaban J connectivity index is 2.55. The van der Waals surface area contributed by atoms with E-state index in [1.54, 1.807) is 11.8 Å². The van der Waals surface area contributed by atoms with Crippen LogP contribution in [0.5, 0.6) is 0 Å². The Hall–Kier alpha value is -0.830. The van der Waals surface area contributed by atoms with Gasteiger partial charge in [0.2, 0.25) is 5.91 Å². The molecule has 0 aliphatic carbocycles. The van der Waals surface area contributed by atoms with Crippen LogP contribution in [-0.2, 0) is 4.79 Å². The molecule has 13 heavy (non-hydrogen) atoms. The van der Waals surface area contributed by atoms with E-state index in [1.165, 1.54) is 0 Å². The van der Waals surface area contributed by atoms with Crippen LogP contribution in [0.15, 0.2) is 12.2 Å². The lowest BCUT2D eigenvalue weighted by molar-refractivity contribution is -0.128. The average Bonchev–Trinajstić information content (AvgIpc) is 2.08. The molecule has 2 N–H and O–H groups in total. The summed E-state index contributed by atoms with van der Waals surface area (Å²) in [4.78, 5) is 13.3. The van der Waals surface area contributed by atoms with Gasteiger partial charge in [-0.15, -0.1) is 0 Å². The molecule has 1 amide bonds. The quantitative estimate of drug-likeness (QED) is 0.608. The van der Waals surface area contributed by atoms with Gasteiger partial charge in [0.1, 0.15) is 0 Å². The van der Waals surface area contributed by atoms with E-state index in [2.05, 4.69) is 13.5 Å². The molecular weight excluding hydrogens is 164 g/mol. The number of nitrogens with zero attached hydrogens (tertiary/aromatic N) is 1. The van der Waals surface area contributed by atoms with Crippen LogP contribution in [0.3, 0.4) is 0 Å². The van der Waals surface area contributed by atoms with E-state index in [4.69, 9.17) is 5.73 Å². The lowest BCUT2D eigenvalue weighted by Gasteiger charge is -2.35. The predicted molar refractivity (Wildman–Crippen MR) is 53.2 cm³/mol. The van der Waals surface area contributed by atoms with E-state index in [1.807, 2.05) is 0 Å². The molecule has 1 heterocycles. The molecule has 0 aromatic carbocycles.